The largest absolute Gasteiger partial charge is 0.471 e. The third-order valence-electron chi connectivity index (χ3n) is 3.91. The predicted molar refractivity (Wildman–Crippen MR) is 74.1 cm³/mol. The fourth-order valence-corrected chi connectivity index (χ4v) is 2.82. The number of carbonyl (C=O) groups excluding carboxylic acids is 1. The Morgan fingerprint density at radius 3 is 3.05 bits per heavy atom. The normalized spacial score (nSPS) is 25.7. The van der Waals surface area contributed by atoms with Crippen LogP contribution in [0.15, 0.2) is 30.5 Å². The van der Waals surface area contributed by atoms with Crippen LogP contribution in [0, 0.1) is 5.92 Å². The molecule has 1 saturated heterocycles. The zero-order valence-corrected chi connectivity index (χ0v) is 11.4. The maximum absolute atomic E-state index is 12.4. The Balaban J connectivity index is 1.54. The Kier molecular flexibility index (Phi) is 3.95. The van der Waals surface area contributed by atoms with Crippen LogP contribution in [0.1, 0.15) is 25.7 Å². The lowest BCUT2D eigenvalue weighted by molar-refractivity contribution is -0.135. The monoisotopic (exact) mass is 273 g/mol. The molecule has 106 valence electrons. The van der Waals surface area contributed by atoms with E-state index in [1.807, 2.05) is 4.90 Å². The number of rotatable bonds is 3. The number of hydrogen-bond donors (Lipinski definition) is 0. The Labute approximate surface area is 118 Å². The predicted octanol–water partition coefficient (Wildman–Crippen LogP) is 1.81. The molecule has 2 atom stereocenters. The molecule has 5 nitrogen and oxygen atoms in total. The van der Waals surface area contributed by atoms with Crippen LogP contribution in [-0.4, -0.2) is 40.2 Å². The number of hydrogen-bond acceptors (Lipinski definition) is 4. The molecule has 2 unspecified atom stereocenters. The molecule has 20 heavy (non-hydrogen) atoms. The highest BCUT2D eigenvalue weighted by atomic mass is 16.5. The maximum Gasteiger partial charge on any atom is 0.233 e. The Morgan fingerprint density at radius 1 is 1.35 bits per heavy atom. The van der Waals surface area contributed by atoms with Gasteiger partial charge in [0.05, 0.1) is 6.54 Å². The summed E-state index contributed by atoms with van der Waals surface area (Å²) in [7, 11) is 0. The highest BCUT2D eigenvalue weighted by Crippen LogP contribution is 2.24. The van der Waals surface area contributed by atoms with E-state index in [0.29, 0.717) is 12.4 Å². The summed E-state index contributed by atoms with van der Waals surface area (Å²) in [4.78, 5) is 14.3. The lowest BCUT2D eigenvalue weighted by atomic mass is 9.93. The molecule has 2 aliphatic rings. The summed E-state index contributed by atoms with van der Waals surface area (Å²) in [5.74, 6) is 0.974. The molecule has 0 N–H and O–H groups in total. The van der Waals surface area contributed by atoms with Crippen LogP contribution in [0.2, 0.25) is 0 Å². The van der Waals surface area contributed by atoms with Crippen molar-refractivity contribution >= 4 is 5.91 Å². The molecule has 1 aromatic heterocycles. The van der Waals surface area contributed by atoms with Gasteiger partial charge in [0, 0.05) is 31.1 Å². The SMILES string of the molecule is O=C(C1CC=CCC1)N1CCC(Oc2cccnn2)C1. The molecule has 1 aromatic rings. The molecule has 5 heteroatoms. The van der Waals surface area contributed by atoms with Gasteiger partial charge in [0.15, 0.2) is 0 Å². The van der Waals surface area contributed by atoms with E-state index in [2.05, 4.69) is 22.3 Å². The highest BCUT2D eigenvalue weighted by molar-refractivity contribution is 5.79. The summed E-state index contributed by atoms with van der Waals surface area (Å²) in [5, 5.41) is 7.71. The number of carbonyl (C=O) groups is 1. The standard InChI is InChI=1S/C15H19N3O2/c19-15(12-5-2-1-3-6-12)18-10-8-13(11-18)20-14-7-4-9-16-17-14/h1-2,4,7,9,12-13H,3,5-6,8,10-11H2. The van der Waals surface area contributed by atoms with Gasteiger partial charge >= 0.3 is 0 Å². The Hall–Kier alpha value is -1.91. The second-order valence-electron chi connectivity index (χ2n) is 5.36. The van der Waals surface area contributed by atoms with Crippen LogP contribution >= 0.6 is 0 Å². The lowest BCUT2D eigenvalue weighted by Gasteiger charge is -2.24. The first-order valence-electron chi connectivity index (χ1n) is 7.21. The van der Waals surface area contributed by atoms with Crippen molar-refractivity contribution in [3.63, 3.8) is 0 Å². The molecule has 0 spiro atoms. The van der Waals surface area contributed by atoms with E-state index in [9.17, 15) is 4.79 Å². The lowest BCUT2D eigenvalue weighted by Crippen LogP contribution is -2.36. The van der Waals surface area contributed by atoms with E-state index >= 15 is 0 Å². The van der Waals surface area contributed by atoms with Gasteiger partial charge in [-0.15, -0.1) is 5.10 Å². The molecular weight excluding hydrogens is 254 g/mol. The van der Waals surface area contributed by atoms with Gasteiger partial charge in [-0.25, -0.2) is 0 Å². The highest BCUT2D eigenvalue weighted by Gasteiger charge is 2.31. The first kappa shape index (κ1) is 13.1. The minimum atomic E-state index is 0.0368. The van der Waals surface area contributed by atoms with Crippen molar-refractivity contribution in [2.24, 2.45) is 5.92 Å². The third-order valence-corrected chi connectivity index (χ3v) is 3.91. The van der Waals surface area contributed by atoms with Crippen LogP contribution in [-0.2, 0) is 4.79 Å². The number of allylic oxidation sites excluding steroid dienone is 2. The number of nitrogens with zero attached hydrogens (tertiary/aromatic N) is 3. The Morgan fingerprint density at radius 2 is 2.30 bits per heavy atom. The molecule has 2 heterocycles. The van der Waals surface area contributed by atoms with E-state index in [-0.39, 0.29) is 17.9 Å². The summed E-state index contributed by atoms with van der Waals surface area (Å²) in [5.41, 5.74) is 0. The number of amides is 1. The average Bonchev–Trinajstić information content (AvgIpc) is 2.97. The van der Waals surface area contributed by atoms with E-state index in [4.69, 9.17) is 4.74 Å². The van der Waals surface area contributed by atoms with Crippen LogP contribution < -0.4 is 4.74 Å². The number of ether oxygens (including phenoxy) is 1. The van der Waals surface area contributed by atoms with Crippen molar-refractivity contribution in [1.29, 1.82) is 0 Å². The molecule has 1 fully saturated rings. The summed E-state index contributed by atoms with van der Waals surface area (Å²) in [6.45, 7) is 1.44. The van der Waals surface area contributed by atoms with Gasteiger partial charge in [0.2, 0.25) is 11.8 Å². The van der Waals surface area contributed by atoms with Gasteiger partial charge in [-0.3, -0.25) is 4.79 Å². The van der Waals surface area contributed by atoms with Crippen LogP contribution in [0.4, 0.5) is 0 Å². The quantitative estimate of drug-likeness (QED) is 0.788. The summed E-state index contributed by atoms with van der Waals surface area (Å²) in [6, 6.07) is 3.60. The molecular formula is C15H19N3O2. The number of likely N-dealkylation sites (tertiary alicyclic amines) is 1. The maximum atomic E-state index is 12.4. The zero-order chi connectivity index (χ0) is 13.8. The van der Waals surface area contributed by atoms with Crippen molar-refractivity contribution in [3.8, 4) is 5.88 Å². The van der Waals surface area contributed by atoms with Crippen molar-refractivity contribution in [1.82, 2.24) is 15.1 Å². The second kappa shape index (κ2) is 6.03. The van der Waals surface area contributed by atoms with Crippen LogP contribution in [0.25, 0.3) is 0 Å². The zero-order valence-electron chi connectivity index (χ0n) is 11.4. The minimum absolute atomic E-state index is 0.0368. The first-order valence-corrected chi connectivity index (χ1v) is 7.21. The molecule has 0 bridgehead atoms. The third kappa shape index (κ3) is 2.98. The average molecular weight is 273 g/mol. The van der Waals surface area contributed by atoms with Crippen LogP contribution in [0.5, 0.6) is 5.88 Å². The molecule has 1 aliphatic carbocycles. The van der Waals surface area contributed by atoms with E-state index in [1.54, 1.807) is 18.3 Å². The Bertz CT molecular complexity index is 489. The number of aromatic nitrogens is 2. The molecule has 0 radical (unpaired) electrons. The molecule has 0 saturated carbocycles. The van der Waals surface area contributed by atoms with Gasteiger partial charge in [0.25, 0.3) is 0 Å². The minimum Gasteiger partial charge on any atom is -0.471 e. The molecule has 1 amide bonds. The first-order chi connectivity index (χ1) is 9.83. The fourth-order valence-electron chi connectivity index (χ4n) is 2.82. The summed E-state index contributed by atoms with van der Waals surface area (Å²) >= 11 is 0. The van der Waals surface area contributed by atoms with E-state index in [0.717, 1.165) is 32.2 Å². The van der Waals surface area contributed by atoms with Crippen LogP contribution in [0.3, 0.4) is 0 Å². The topological polar surface area (TPSA) is 55.3 Å². The summed E-state index contributed by atoms with van der Waals surface area (Å²) in [6.07, 6.45) is 9.67. The molecule has 3 rings (SSSR count). The van der Waals surface area contributed by atoms with Gasteiger partial charge in [0.1, 0.15) is 6.10 Å². The molecule has 0 aromatic carbocycles. The van der Waals surface area contributed by atoms with Gasteiger partial charge in [-0.05, 0) is 25.3 Å². The fraction of sp³-hybridized carbons (Fsp3) is 0.533. The smallest absolute Gasteiger partial charge is 0.233 e. The molecule has 1 aliphatic heterocycles. The van der Waals surface area contributed by atoms with Crippen molar-refractivity contribution in [2.45, 2.75) is 31.8 Å². The van der Waals surface area contributed by atoms with Gasteiger partial charge in [-0.2, -0.15) is 5.10 Å². The van der Waals surface area contributed by atoms with Gasteiger partial charge < -0.3 is 9.64 Å². The van der Waals surface area contributed by atoms with Crippen molar-refractivity contribution < 1.29 is 9.53 Å². The van der Waals surface area contributed by atoms with E-state index < -0.39 is 0 Å². The van der Waals surface area contributed by atoms with Gasteiger partial charge in [-0.1, -0.05) is 12.2 Å². The van der Waals surface area contributed by atoms with Crippen molar-refractivity contribution in [2.75, 3.05) is 13.1 Å². The van der Waals surface area contributed by atoms with E-state index in [1.165, 1.54) is 0 Å². The second-order valence-corrected chi connectivity index (χ2v) is 5.36. The van der Waals surface area contributed by atoms with Crippen molar-refractivity contribution in [3.05, 3.63) is 30.5 Å². The summed E-state index contributed by atoms with van der Waals surface area (Å²) < 4.78 is 5.76.